The van der Waals surface area contributed by atoms with Crippen molar-refractivity contribution < 1.29 is 12.8 Å². The Morgan fingerprint density at radius 3 is 2.68 bits per heavy atom. The van der Waals surface area contributed by atoms with E-state index < -0.39 is 10.0 Å². The smallest absolute Gasteiger partial charge is 0.247 e. The summed E-state index contributed by atoms with van der Waals surface area (Å²) in [4.78, 5) is 7.46. The van der Waals surface area contributed by atoms with Crippen LogP contribution >= 0.6 is 0 Å². The first kappa shape index (κ1) is 18.7. The maximum atomic E-state index is 13.2. The Morgan fingerprint density at radius 2 is 1.87 bits per heavy atom. The van der Waals surface area contributed by atoms with Crippen LogP contribution in [0.4, 0.5) is 0 Å². The second kappa shape index (κ2) is 6.73. The molecule has 1 aliphatic carbocycles. The zero-order valence-electron chi connectivity index (χ0n) is 16.7. The van der Waals surface area contributed by atoms with E-state index in [4.69, 9.17) is 4.42 Å². The number of hydrogen-bond donors (Lipinski definition) is 1. The predicted octanol–water partition coefficient (Wildman–Crippen LogP) is 3.57. The summed E-state index contributed by atoms with van der Waals surface area (Å²) in [6.07, 6.45) is 5.74. The van der Waals surface area contributed by atoms with E-state index >= 15 is 0 Å². The molecule has 3 aromatic heterocycles. The monoisotopic (exact) mass is 435 g/mol. The number of pyridine rings is 1. The summed E-state index contributed by atoms with van der Waals surface area (Å²) in [6, 6.07) is 13.3. The van der Waals surface area contributed by atoms with E-state index in [0.717, 1.165) is 24.8 Å². The van der Waals surface area contributed by atoms with Crippen molar-refractivity contribution in [1.82, 2.24) is 24.5 Å². The number of sulfonamides is 1. The number of nitrogens with zero attached hydrogens (tertiary/aromatic N) is 4. The minimum Gasteiger partial charge on any atom is -0.420 e. The summed E-state index contributed by atoms with van der Waals surface area (Å²) in [5.41, 5.74) is 1.56. The highest BCUT2D eigenvalue weighted by Gasteiger charge is 2.59. The number of hydrogen-bond acceptors (Lipinski definition) is 6. The topological polar surface area (TPSA) is 105 Å². The van der Waals surface area contributed by atoms with Crippen molar-refractivity contribution in [3.63, 3.8) is 0 Å². The van der Waals surface area contributed by atoms with Gasteiger partial charge in [0, 0.05) is 42.4 Å². The van der Waals surface area contributed by atoms with Crippen LogP contribution in [0.2, 0.25) is 0 Å². The molecule has 4 aromatic rings. The third-order valence-electron chi connectivity index (χ3n) is 6.70. The van der Waals surface area contributed by atoms with Crippen molar-refractivity contribution in [3.8, 4) is 11.5 Å². The Bertz CT molecular complexity index is 1350. The van der Waals surface area contributed by atoms with Gasteiger partial charge in [-0.2, -0.15) is 4.31 Å². The lowest BCUT2D eigenvalue weighted by Gasteiger charge is -2.31. The van der Waals surface area contributed by atoms with Crippen LogP contribution in [0.15, 0.2) is 64.2 Å². The molecule has 1 N–H and O–H groups in total. The Hall–Kier alpha value is -3.04. The molecule has 2 aliphatic rings. The summed E-state index contributed by atoms with van der Waals surface area (Å²) in [5, 5.41) is 9.13. The number of aromatic amines is 1. The Labute approximate surface area is 179 Å². The van der Waals surface area contributed by atoms with Crippen LogP contribution in [-0.4, -0.2) is 46.0 Å². The Kier molecular flexibility index (Phi) is 4.06. The van der Waals surface area contributed by atoms with Gasteiger partial charge in [-0.3, -0.25) is 0 Å². The van der Waals surface area contributed by atoms with Gasteiger partial charge in [0.2, 0.25) is 21.8 Å². The van der Waals surface area contributed by atoms with Gasteiger partial charge < -0.3 is 9.40 Å². The zero-order valence-corrected chi connectivity index (χ0v) is 17.5. The van der Waals surface area contributed by atoms with E-state index in [1.54, 1.807) is 28.8 Å². The normalized spacial score (nSPS) is 21.0. The van der Waals surface area contributed by atoms with Crippen LogP contribution in [0, 0.1) is 5.41 Å². The molecule has 31 heavy (non-hydrogen) atoms. The van der Waals surface area contributed by atoms with Gasteiger partial charge in [-0.25, -0.2) is 13.4 Å². The molecule has 0 bridgehead atoms. The summed E-state index contributed by atoms with van der Waals surface area (Å²) >= 11 is 0. The average molecular weight is 436 g/mol. The summed E-state index contributed by atoms with van der Waals surface area (Å²) < 4.78 is 34.0. The van der Waals surface area contributed by atoms with Gasteiger partial charge in [0.1, 0.15) is 10.5 Å². The molecule has 1 spiro atoms. The van der Waals surface area contributed by atoms with Crippen molar-refractivity contribution in [3.05, 3.63) is 60.7 Å². The van der Waals surface area contributed by atoms with E-state index in [9.17, 15) is 8.42 Å². The third-order valence-corrected chi connectivity index (χ3v) is 8.64. The van der Waals surface area contributed by atoms with Gasteiger partial charge in [0.15, 0.2) is 0 Å². The van der Waals surface area contributed by atoms with Gasteiger partial charge in [-0.05, 0) is 48.9 Å². The maximum Gasteiger partial charge on any atom is 0.247 e. The molecule has 4 heterocycles. The fourth-order valence-corrected chi connectivity index (χ4v) is 6.37. The number of aromatic nitrogens is 4. The van der Waals surface area contributed by atoms with Gasteiger partial charge in [0.25, 0.3) is 0 Å². The maximum absolute atomic E-state index is 13.2. The molecule has 0 radical (unpaired) electrons. The van der Waals surface area contributed by atoms with Crippen molar-refractivity contribution in [1.29, 1.82) is 0 Å². The lowest BCUT2D eigenvalue weighted by molar-refractivity contribution is 0.246. The van der Waals surface area contributed by atoms with Crippen LogP contribution in [0.3, 0.4) is 0 Å². The standard InChI is InChI=1S/C22H21N5O3S/c28-31(29,18-14-24-19-16(18)7-4-10-23-19)27-11-8-22(9-12-27)13-17(22)21-26-25-20(30-21)15-5-2-1-3-6-15/h1-7,10,14,17H,8-9,11-13H2,(H,23,24)/t17-/m1/s1. The van der Waals surface area contributed by atoms with E-state index in [0.29, 0.717) is 40.8 Å². The fourth-order valence-electron chi connectivity index (χ4n) is 4.78. The van der Waals surface area contributed by atoms with Crippen molar-refractivity contribution in [2.24, 2.45) is 5.41 Å². The molecule has 6 rings (SSSR count). The molecule has 2 fully saturated rings. The number of benzene rings is 1. The molecule has 1 atom stereocenters. The molecule has 1 saturated carbocycles. The van der Waals surface area contributed by atoms with Crippen LogP contribution in [0.25, 0.3) is 22.5 Å². The molecular weight excluding hydrogens is 414 g/mol. The number of rotatable bonds is 4. The van der Waals surface area contributed by atoms with Crippen LogP contribution in [0.5, 0.6) is 0 Å². The average Bonchev–Trinajstić information content (AvgIpc) is 3.16. The van der Waals surface area contributed by atoms with Gasteiger partial charge >= 0.3 is 0 Å². The first-order valence-corrected chi connectivity index (χ1v) is 11.8. The van der Waals surface area contributed by atoms with Crippen molar-refractivity contribution >= 4 is 21.1 Å². The first-order chi connectivity index (χ1) is 15.1. The fraction of sp³-hybridized carbons (Fsp3) is 0.318. The van der Waals surface area contributed by atoms with E-state index in [2.05, 4.69) is 20.2 Å². The molecule has 0 amide bonds. The highest BCUT2D eigenvalue weighted by atomic mass is 32.2. The quantitative estimate of drug-likeness (QED) is 0.525. The van der Waals surface area contributed by atoms with Crippen molar-refractivity contribution in [2.45, 2.75) is 30.1 Å². The molecular formula is C22H21N5O3S. The summed E-state index contributed by atoms with van der Waals surface area (Å²) in [5.74, 6) is 1.41. The van der Waals surface area contributed by atoms with Crippen LogP contribution < -0.4 is 0 Å². The van der Waals surface area contributed by atoms with E-state index in [1.165, 1.54) is 0 Å². The Balaban J connectivity index is 1.18. The second-order valence-corrected chi connectivity index (χ2v) is 10.3. The zero-order chi connectivity index (χ0) is 21.1. The lowest BCUT2D eigenvalue weighted by Crippen LogP contribution is -2.39. The lowest BCUT2D eigenvalue weighted by atomic mass is 9.92. The van der Waals surface area contributed by atoms with E-state index in [1.807, 2.05) is 30.3 Å². The number of H-pyrrole nitrogens is 1. The molecule has 1 aromatic carbocycles. The van der Waals surface area contributed by atoms with Gasteiger partial charge in [-0.15, -0.1) is 10.2 Å². The first-order valence-electron chi connectivity index (χ1n) is 10.4. The van der Waals surface area contributed by atoms with Gasteiger partial charge in [-0.1, -0.05) is 18.2 Å². The molecule has 158 valence electrons. The molecule has 1 saturated heterocycles. The minimum atomic E-state index is -3.57. The highest BCUT2D eigenvalue weighted by molar-refractivity contribution is 7.89. The largest absolute Gasteiger partial charge is 0.420 e. The van der Waals surface area contributed by atoms with E-state index in [-0.39, 0.29) is 11.3 Å². The molecule has 1 aliphatic heterocycles. The predicted molar refractivity (Wildman–Crippen MR) is 114 cm³/mol. The molecule has 0 unspecified atom stereocenters. The number of piperidine rings is 1. The minimum absolute atomic E-state index is 0.0638. The van der Waals surface area contributed by atoms with Crippen LogP contribution in [-0.2, 0) is 10.0 Å². The Morgan fingerprint density at radius 1 is 1.06 bits per heavy atom. The number of nitrogens with one attached hydrogen (secondary N) is 1. The third kappa shape index (κ3) is 2.99. The van der Waals surface area contributed by atoms with Crippen molar-refractivity contribution in [2.75, 3.05) is 13.1 Å². The highest BCUT2D eigenvalue weighted by Crippen LogP contribution is 2.64. The molecule has 8 nitrogen and oxygen atoms in total. The van der Waals surface area contributed by atoms with Gasteiger partial charge in [0.05, 0.1) is 0 Å². The van der Waals surface area contributed by atoms with Crippen LogP contribution in [0.1, 0.15) is 31.1 Å². The number of fused-ring (bicyclic) bond motifs is 1. The second-order valence-electron chi connectivity index (χ2n) is 8.39. The SMILES string of the molecule is O=S(=O)(c1c[nH]c2ncccc12)N1CCC2(CC1)C[C@@H]2c1nnc(-c2ccccc2)o1. The summed E-state index contributed by atoms with van der Waals surface area (Å²) in [6.45, 7) is 0.983. The summed E-state index contributed by atoms with van der Waals surface area (Å²) in [7, 11) is -3.57. The molecule has 9 heteroatoms.